The molecule has 0 aliphatic carbocycles. The number of aliphatic hydroxyl groups is 1. The van der Waals surface area contributed by atoms with Gasteiger partial charge in [-0.05, 0) is 6.42 Å². The molecule has 0 atom stereocenters. The van der Waals surface area contributed by atoms with E-state index in [-0.39, 0.29) is 32.1 Å². The first-order valence-electron chi connectivity index (χ1n) is 6.07. The van der Waals surface area contributed by atoms with Crippen molar-refractivity contribution in [2.24, 2.45) is 0 Å². The summed E-state index contributed by atoms with van der Waals surface area (Å²) in [6.07, 6.45) is 1.75. The Kier molecular flexibility index (Phi) is 5.57. The van der Waals surface area contributed by atoms with Gasteiger partial charge in [-0.3, -0.25) is 14.5 Å². The molecule has 4 amide bonds. The van der Waals surface area contributed by atoms with Crippen LogP contribution in [0.4, 0.5) is 4.79 Å². The van der Waals surface area contributed by atoms with E-state index >= 15 is 0 Å². The van der Waals surface area contributed by atoms with Crippen molar-refractivity contribution in [3.05, 3.63) is 0 Å². The zero-order chi connectivity index (χ0) is 13.5. The van der Waals surface area contributed by atoms with Crippen molar-refractivity contribution in [1.29, 1.82) is 0 Å². The van der Waals surface area contributed by atoms with Gasteiger partial charge in [0.25, 0.3) is 5.91 Å². The van der Waals surface area contributed by atoms with E-state index < -0.39 is 11.9 Å². The molecule has 1 rings (SSSR count). The summed E-state index contributed by atoms with van der Waals surface area (Å²) in [5, 5.41) is 11.3. The van der Waals surface area contributed by atoms with E-state index in [1.54, 1.807) is 0 Å². The zero-order valence-corrected chi connectivity index (χ0v) is 10.5. The van der Waals surface area contributed by atoms with Crippen LogP contribution in [-0.4, -0.2) is 65.5 Å². The van der Waals surface area contributed by atoms with Crippen LogP contribution in [0.1, 0.15) is 19.8 Å². The minimum atomic E-state index is -0.534. The highest BCUT2D eigenvalue weighted by Crippen LogP contribution is 2.02. The molecule has 102 valence electrons. The molecular weight excluding hydrogens is 238 g/mol. The third-order valence-electron chi connectivity index (χ3n) is 2.73. The quantitative estimate of drug-likeness (QED) is 0.582. The largest absolute Gasteiger partial charge is 0.395 e. The molecule has 7 heteroatoms. The molecule has 1 heterocycles. The van der Waals surface area contributed by atoms with Crippen LogP contribution in [0.15, 0.2) is 0 Å². The average Bonchev–Trinajstić information content (AvgIpc) is 2.66. The Morgan fingerprint density at radius 3 is 2.67 bits per heavy atom. The summed E-state index contributed by atoms with van der Waals surface area (Å²) in [5.41, 5.74) is 0. The van der Waals surface area contributed by atoms with Crippen LogP contribution in [0.25, 0.3) is 0 Å². The van der Waals surface area contributed by atoms with Gasteiger partial charge in [-0.2, -0.15) is 0 Å². The monoisotopic (exact) mass is 257 g/mol. The van der Waals surface area contributed by atoms with Gasteiger partial charge >= 0.3 is 6.03 Å². The lowest BCUT2D eigenvalue weighted by molar-refractivity contribution is -0.136. The Morgan fingerprint density at radius 1 is 1.44 bits per heavy atom. The van der Waals surface area contributed by atoms with Gasteiger partial charge in [0, 0.05) is 13.1 Å². The normalized spacial score (nSPS) is 14.9. The smallest absolute Gasteiger partial charge is 0.325 e. The summed E-state index contributed by atoms with van der Waals surface area (Å²) >= 11 is 0. The fourth-order valence-corrected chi connectivity index (χ4v) is 1.68. The number of carbonyl (C=O) groups is 3. The molecule has 0 aromatic rings. The van der Waals surface area contributed by atoms with E-state index in [0.29, 0.717) is 6.54 Å². The lowest BCUT2D eigenvalue weighted by atomic mass is 10.3. The molecular formula is C11H19N3O4. The summed E-state index contributed by atoms with van der Waals surface area (Å²) in [7, 11) is 0. The summed E-state index contributed by atoms with van der Waals surface area (Å²) < 4.78 is 0. The molecule has 0 aromatic heterocycles. The van der Waals surface area contributed by atoms with E-state index in [4.69, 9.17) is 5.11 Å². The third-order valence-corrected chi connectivity index (χ3v) is 2.73. The molecule has 1 aliphatic rings. The molecule has 0 unspecified atom stereocenters. The molecule has 2 N–H and O–H groups in total. The number of nitrogens with one attached hydrogen (secondary N) is 1. The minimum absolute atomic E-state index is 0.0545. The van der Waals surface area contributed by atoms with Crippen molar-refractivity contribution < 1.29 is 19.5 Å². The van der Waals surface area contributed by atoms with E-state index in [2.05, 4.69) is 5.32 Å². The molecule has 0 bridgehead atoms. The van der Waals surface area contributed by atoms with Gasteiger partial charge in [0.15, 0.2) is 0 Å². The van der Waals surface area contributed by atoms with E-state index in [1.807, 2.05) is 6.92 Å². The molecule has 1 saturated heterocycles. The van der Waals surface area contributed by atoms with Crippen molar-refractivity contribution in [2.45, 2.75) is 19.8 Å². The number of imide groups is 1. The average molecular weight is 257 g/mol. The first-order chi connectivity index (χ1) is 8.60. The maximum absolute atomic E-state index is 11.9. The highest BCUT2D eigenvalue weighted by atomic mass is 16.3. The summed E-state index contributed by atoms with van der Waals surface area (Å²) in [6.45, 7) is 2.31. The number of carbonyl (C=O) groups excluding carboxylic acids is 3. The SMILES string of the molecule is CCCCN(CCO)C(=O)CN1C(=O)CNC1=O. The Hall–Kier alpha value is -1.63. The number of aliphatic hydroxyl groups excluding tert-OH is 1. The molecule has 0 aromatic carbocycles. The fraction of sp³-hybridized carbons (Fsp3) is 0.727. The number of unbranched alkanes of at least 4 members (excludes halogenated alkanes) is 1. The van der Waals surface area contributed by atoms with Crippen molar-refractivity contribution in [1.82, 2.24) is 15.1 Å². The molecule has 0 radical (unpaired) electrons. The molecule has 1 fully saturated rings. The van der Waals surface area contributed by atoms with Crippen molar-refractivity contribution >= 4 is 17.8 Å². The Bertz CT molecular complexity index is 316. The molecule has 7 nitrogen and oxygen atoms in total. The fourth-order valence-electron chi connectivity index (χ4n) is 1.68. The number of amides is 4. The number of hydrogen-bond acceptors (Lipinski definition) is 4. The second-order valence-electron chi connectivity index (χ2n) is 4.10. The highest BCUT2D eigenvalue weighted by molar-refractivity contribution is 6.04. The van der Waals surface area contributed by atoms with Crippen molar-refractivity contribution in [3.8, 4) is 0 Å². The van der Waals surface area contributed by atoms with Crippen LogP contribution in [0, 0.1) is 0 Å². The highest BCUT2D eigenvalue weighted by Gasteiger charge is 2.31. The summed E-state index contributed by atoms with van der Waals surface area (Å²) in [6, 6.07) is -0.534. The van der Waals surface area contributed by atoms with Crippen molar-refractivity contribution in [2.75, 3.05) is 32.8 Å². The standard InChI is InChI=1S/C11H19N3O4/c1-2-3-4-13(5-6-15)10(17)8-14-9(16)7-12-11(14)18/h15H,2-8H2,1H3,(H,12,18). The predicted molar refractivity (Wildman–Crippen MR) is 63.7 cm³/mol. The summed E-state index contributed by atoms with van der Waals surface area (Å²) in [4.78, 5) is 36.9. The molecule has 18 heavy (non-hydrogen) atoms. The van der Waals surface area contributed by atoms with Crippen LogP contribution in [0.2, 0.25) is 0 Å². The van der Waals surface area contributed by atoms with Gasteiger partial charge in [-0.25, -0.2) is 4.79 Å². The lowest BCUT2D eigenvalue weighted by Crippen LogP contribution is -2.44. The van der Waals surface area contributed by atoms with Gasteiger partial charge in [0.1, 0.15) is 6.54 Å². The Balaban J connectivity index is 2.54. The van der Waals surface area contributed by atoms with Gasteiger partial charge in [0.05, 0.1) is 13.2 Å². The predicted octanol–water partition coefficient (Wildman–Crippen LogP) is -0.841. The summed E-state index contributed by atoms with van der Waals surface area (Å²) in [5.74, 6) is -0.712. The van der Waals surface area contributed by atoms with Crippen molar-refractivity contribution in [3.63, 3.8) is 0 Å². The van der Waals surface area contributed by atoms with Crippen LogP contribution in [-0.2, 0) is 9.59 Å². The van der Waals surface area contributed by atoms with E-state index in [9.17, 15) is 14.4 Å². The second-order valence-corrected chi connectivity index (χ2v) is 4.10. The van der Waals surface area contributed by atoms with Gasteiger partial charge in [-0.15, -0.1) is 0 Å². The molecule has 0 spiro atoms. The van der Waals surface area contributed by atoms with Crippen LogP contribution < -0.4 is 5.32 Å². The van der Waals surface area contributed by atoms with Crippen LogP contribution in [0.3, 0.4) is 0 Å². The maximum atomic E-state index is 11.9. The first-order valence-corrected chi connectivity index (χ1v) is 6.07. The van der Waals surface area contributed by atoms with Gasteiger partial charge in [0.2, 0.25) is 5.91 Å². The zero-order valence-electron chi connectivity index (χ0n) is 10.5. The number of nitrogens with zero attached hydrogens (tertiary/aromatic N) is 2. The van der Waals surface area contributed by atoms with Crippen LogP contribution >= 0.6 is 0 Å². The van der Waals surface area contributed by atoms with Crippen LogP contribution in [0.5, 0.6) is 0 Å². The minimum Gasteiger partial charge on any atom is -0.395 e. The number of urea groups is 1. The van der Waals surface area contributed by atoms with Gasteiger partial charge in [-0.1, -0.05) is 13.3 Å². The maximum Gasteiger partial charge on any atom is 0.325 e. The van der Waals surface area contributed by atoms with E-state index in [1.165, 1.54) is 4.90 Å². The third kappa shape index (κ3) is 3.69. The van der Waals surface area contributed by atoms with Gasteiger partial charge < -0.3 is 15.3 Å². The number of rotatable bonds is 7. The lowest BCUT2D eigenvalue weighted by Gasteiger charge is -2.23. The second kappa shape index (κ2) is 6.95. The molecule has 1 aliphatic heterocycles. The Labute approximate surface area is 106 Å². The topological polar surface area (TPSA) is 89.9 Å². The number of hydrogen-bond donors (Lipinski definition) is 2. The molecule has 0 saturated carbocycles. The van der Waals surface area contributed by atoms with E-state index in [0.717, 1.165) is 17.7 Å². The first kappa shape index (κ1) is 14.4. The Morgan fingerprint density at radius 2 is 2.17 bits per heavy atom.